The largest absolute Gasteiger partial charge is 0.278 e. The summed E-state index contributed by atoms with van der Waals surface area (Å²) < 4.78 is 4.79. The van der Waals surface area contributed by atoms with Gasteiger partial charge in [0.25, 0.3) is 0 Å². The quantitative estimate of drug-likeness (QED) is 0.240. The molecule has 0 spiro atoms. The standard InChI is InChI=1S/C34H21N3S/c1-2-9-22(10-3-1)23-11-8-12-24(19-23)29-17-18-35-34(36-29)37-30-15-6-4-13-25(30)27-20-28-26-14-5-7-16-32(26)38-33(28)21-31(27)37/h1-21H. The van der Waals surface area contributed by atoms with Crippen LogP contribution in [0.3, 0.4) is 0 Å². The molecule has 0 amide bonds. The highest BCUT2D eigenvalue weighted by molar-refractivity contribution is 7.25. The Morgan fingerprint density at radius 1 is 0.500 bits per heavy atom. The van der Waals surface area contributed by atoms with Gasteiger partial charge < -0.3 is 0 Å². The molecule has 0 unspecified atom stereocenters. The Balaban J connectivity index is 1.35. The van der Waals surface area contributed by atoms with Gasteiger partial charge in [0.15, 0.2) is 0 Å². The predicted octanol–water partition coefficient (Wildman–Crippen LogP) is 9.28. The maximum absolute atomic E-state index is 5.10. The first-order chi connectivity index (χ1) is 18.8. The fraction of sp³-hybridized carbons (Fsp3) is 0. The van der Waals surface area contributed by atoms with E-state index in [1.807, 2.05) is 29.7 Å². The summed E-state index contributed by atoms with van der Waals surface area (Å²) in [6.07, 6.45) is 1.87. The number of benzene rings is 5. The number of nitrogens with zero attached hydrogens (tertiary/aromatic N) is 3. The number of fused-ring (bicyclic) bond motifs is 6. The first-order valence-corrected chi connectivity index (χ1v) is 13.5. The molecule has 0 saturated carbocycles. The molecule has 5 aromatic carbocycles. The van der Waals surface area contributed by atoms with Crippen molar-refractivity contribution in [3.63, 3.8) is 0 Å². The van der Waals surface area contributed by atoms with Gasteiger partial charge in [0, 0.05) is 42.7 Å². The molecule has 3 nitrogen and oxygen atoms in total. The molecule has 0 bridgehead atoms. The molecule has 0 fully saturated rings. The summed E-state index contributed by atoms with van der Waals surface area (Å²) in [5.74, 6) is 0.680. The number of hydrogen-bond donors (Lipinski definition) is 0. The van der Waals surface area contributed by atoms with E-state index in [9.17, 15) is 0 Å². The average Bonchev–Trinajstić information content (AvgIpc) is 3.51. The minimum absolute atomic E-state index is 0.680. The molecule has 3 aromatic heterocycles. The van der Waals surface area contributed by atoms with Crippen LogP contribution >= 0.6 is 11.3 Å². The second-order valence-electron chi connectivity index (χ2n) is 9.51. The second-order valence-corrected chi connectivity index (χ2v) is 10.6. The Bertz CT molecular complexity index is 2140. The van der Waals surface area contributed by atoms with E-state index in [2.05, 4.69) is 114 Å². The van der Waals surface area contributed by atoms with Gasteiger partial charge in [-0.05, 0) is 47.5 Å². The minimum atomic E-state index is 0.680. The fourth-order valence-corrected chi connectivity index (χ4v) is 6.63. The molecule has 4 heteroatoms. The van der Waals surface area contributed by atoms with Crippen LogP contribution in [0.1, 0.15) is 0 Å². The lowest BCUT2D eigenvalue weighted by atomic mass is 10.0. The van der Waals surface area contributed by atoms with Gasteiger partial charge in [-0.2, -0.15) is 0 Å². The van der Waals surface area contributed by atoms with Crippen LogP contribution in [0.5, 0.6) is 0 Å². The maximum atomic E-state index is 5.10. The van der Waals surface area contributed by atoms with Crippen molar-refractivity contribution in [3.8, 4) is 28.3 Å². The Morgan fingerprint density at radius 2 is 1.26 bits per heavy atom. The monoisotopic (exact) mass is 503 g/mol. The molecular formula is C34H21N3S. The van der Waals surface area contributed by atoms with Crippen LogP contribution in [0, 0.1) is 0 Å². The number of para-hydroxylation sites is 1. The van der Waals surface area contributed by atoms with Crippen LogP contribution in [0.25, 0.3) is 70.3 Å². The van der Waals surface area contributed by atoms with Gasteiger partial charge in [0.05, 0.1) is 16.7 Å². The van der Waals surface area contributed by atoms with Crippen molar-refractivity contribution >= 4 is 53.3 Å². The van der Waals surface area contributed by atoms with Crippen molar-refractivity contribution in [2.45, 2.75) is 0 Å². The highest BCUT2D eigenvalue weighted by Gasteiger charge is 2.17. The smallest absolute Gasteiger partial charge is 0.235 e. The SMILES string of the molecule is c1ccc(-c2cccc(-c3ccnc(-n4c5ccccc5c5cc6c(cc54)sc4ccccc46)n3)c2)cc1. The maximum Gasteiger partial charge on any atom is 0.235 e. The number of aromatic nitrogens is 3. The van der Waals surface area contributed by atoms with Gasteiger partial charge in [-0.1, -0.05) is 84.9 Å². The van der Waals surface area contributed by atoms with Crippen LogP contribution in [-0.4, -0.2) is 14.5 Å². The Labute approximate surface area is 223 Å². The molecule has 38 heavy (non-hydrogen) atoms. The molecule has 0 radical (unpaired) electrons. The summed E-state index contributed by atoms with van der Waals surface area (Å²) in [5.41, 5.74) is 6.58. The third-order valence-electron chi connectivity index (χ3n) is 7.28. The van der Waals surface area contributed by atoms with Crippen LogP contribution in [-0.2, 0) is 0 Å². The van der Waals surface area contributed by atoms with E-state index in [0.29, 0.717) is 5.95 Å². The van der Waals surface area contributed by atoms with E-state index < -0.39 is 0 Å². The van der Waals surface area contributed by atoms with Crippen molar-refractivity contribution in [1.82, 2.24) is 14.5 Å². The van der Waals surface area contributed by atoms with E-state index in [-0.39, 0.29) is 0 Å². The first-order valence-electron chi connectivity index (χ1n) is 12.7. The summed E-state index contributed by atoms with van der Waals surface area (Å²) in [5, 5.41) is 5.03. The zero-order chi connectivity index (χ0) is 25.1. The molecule has 0 atom stereocenters. The third kappa shape index (κ3) is 3.28. The molecule has 0 aliphatic carbocycles. The van der Waals surface area contributed by atoms with Gasteiger partial charge in [0.2, 0.25) is 5.95 Å². The van der Waals surface area contributed by atoms with Crippen LogP contribution in [0.4, 0.5) is 0 Å². The zero-order valence-corrected chi connectivity index (χ0v) is 21.2. The Kier molecular flexibility index (Phi) is 4.69. The zero-order valence-electron chi connectivity index (χ0n) is 20.4. The lowest BCUT2D eigenvalue weighted by Gasteiger charge is -2.09. The lowest BCUT2D eigenvalue weighted by molar-refractivity contribution is 0.992. The average molecular weight is 504 g/mol. The molecule has 0 aliphatic rings. The minimum Gasteiger partial charge on any atom is -0.278 e. The highest BCUT2D eigenvalue weighted by Crippen LogP contribution is 2.40. The number of rotatable bonds is 3. The van der Waals surface area contributed by atoms with Crippen LogP contribution in [0.2, 0.25) is 0 Å². The molecule has 3 heterocycles. The van der Waals surface area contributed by atoms with Gasteiger partial charge in [-0.25, -0.2) is 9.97 Å². The van der Waals surface area contributed by atoms with Crippen molar-refractivity contribution in [2.24, 2.45) is 0 Å². The molecule has 0 N–H and O–H groups in total. The van der Waals surface area contributed by atoms with Gasteiger partial charge in [-0.15, -0.1) is 11.3 Å². The summed E-state index contributed by atoms with van der Waals surface area (Å²) in [4.78, 5) is 9.86. The molecule has 0 saturated heterocycles. The normalized spacial score (nSPS) is 11.7. The highest BCUT2D eigenvalue weighted by atomic mass is 32.1. The molecule has 0 aliphatic heterocycles. The first kappa shape index (κ1) is 21.3. The summed E-state index contributed by atoms with van der Waals surface area (Å²) >= 11 is 1.84. The second kappa shape index (κ2) is 8.37. The van der Waals surface area contributed by atoms with Gasteiger partial charge >= 0.3 is 0 Å². The summed E-state index contributed by atoms with van der Waals surface area (Å²) in [6, 6.07) is 42.9. The van der Waals surface area contributed by atoms with Crippen molar-refractivity contribution in [2.75, 3.05) is 0 Å². The predicted molar refractivity (Wildman–Crippen MR) is 160 cm³/mol. The fourth-order valence-electron chi connectivity index (χ4n) is 5.51. The van der Waals surface area contributed by atoms with E-state index in [4.69, 9.17) is 9.97 Å². The number of hydrogen-bond acceptors (Lipinski definition) is 3. The van der Waals surface area contributed by atoms with E-state index in [0.717, 1.165) is 22.3 Å². The third-order valence-corrected chi connectivity index (χ3v) is 8.41. The van der Waals surface area contributed by atoms with Gasteiger partial charge in [-0.3, -0.25) is 4.57 Å². The van der Waals surface area contributed by atoms with Crippen LogP contribution < -0.4 is 0 Å². The summed E-state index contributed by atoms with van der Waals surface area (Å²) in [6.45, 7) is 0. The Morgan fingerprint density at radius 3 is 2.18 bits per heavy atom. The van der Waals surface area contributed by atoms with Crippen LogP contribution in [0.15, 0.2) is 128 Å². The van der Waals surface area contributed by atoms with E-state index in [1.54, 1.807) is 0 Å². The van der Waals surface area contributed by atoms with Crippen molar-refractivity contribution in [3.05, 3.63) is 128 Å². The lowest BCUT2D eigenvalue weighted by Crippen LogP contribution is -2.01. The molecule has 178 valence electrons. The van der Waals surface area contributed by atoms with Gasteiger partial charge in [0.1, 0.15) is 0 Å². The number of thiophene rings is 1. The Hall–Kier alpha value is -4.80. The van der Waals surface area contributed by atoms with E-state index in [1.165, 1.54) is 42.1 Å². The molecular weight excluding hydrogens is 482 g/mol. The van der Waals surface area contributed by atoms with Crippen molar-refractivity contribution < 1.29 is 0 Å². The van der Waals surface area contributed by atoms with E-state index >= 15 is 0 Å². The molecule has 8 aromatic rings. The molecule has 8 rings (SSSR count). The van der Waals surface area contributed by atoms with Crippen molar-refractivity contribution in [1.29, 1.82) is 0 Å². The topological polar surface area (TPSA) is 30.7 Å². The summed E-state index contributed by atoms with van der Waals surface area (Å²) in [7, 11) is 0.